The van der Waals surface area contributed by atoms with Gasteiger partial charge in [0, 0.05) is 5.02 Å². The Labute approximate surface area is 124 Å². The van der Waals surface area contributed by atoms with Crippen LogP contribution in [0.4, 0.5) is 13.2 Å². The van der Waals surface area contributed by atoms with Crippen LogP contribution in [-0.2, 0) is 19.4 Å². The van der Waals surface area contributed by atoms with E-state index in [2.05, 4.69) is 0 Å². The highest BCUT2D eigenvalue weighted by atomic mass is 35.5. The molecule has 1 N–H and O–H groups in total. The van der Waals surface area contributed by atoms with E-state index in [1.807, 2.05) is 0 Å². The van der Waals surface area contributed by atoms with Gasteiger partial charge in [-0.1, -0.05) is 23.7 Å². The lowest BCUT2D eigenvalue weighted by molar-refractivity contribution is -0.140. The summed E-state index contributed by atoms with van der Waals surface area (Å²) < 4.78 is 58.4. The van der Waals surface area contributed by atoms with Crippen LogP contribution in [0.15, 0.2) is 24.3 Å². The van der Waals surface area contributed by atoms with Gasteiger partial charge in [0.2, 0.25) is 0 Å². The number of aliphatic carboxylic acids is 1. The van der Waals surface area contributed by atoms with Gasteiger partial charge in [-0.15, -0.1) is 0 Å². The van der Waals surface area contributed by atoms with Gasteiger partial charge in [-0.3, -0.25) is 4.79 Å². The third kappa shape index (κ3) is 3.88. The van der Waals surface area contributed by atoms with Crippen LogP contribution in [0.2, 0.25) is 5.02 Å². The predicted octanol–water partition coefficient (Wildman–Crippen LogP) is 3.01. The van der Waals surface area contributed by atoms with E-state index < -0.39 is 38.9 Å². The number of sulfone groups is 1. The molecule has 0 aliphatic rings. The summed E-state index contributed by atoms with van der Waals surface area (Å²) in [4.78, 5) is 11.4. The van der Waals surface area contributed by atoms with Crippen molar-refractivity contribution in [2.24, 2.45) is 0 Å². The van der Waals surface area contributed by atoms with E-state index in [9.17, 15) is 31.5 Å². The maximum Gasteiger partial charge on any atom is 0.390 e. The zero-order valence-electron chi connectivity index (χ0n) is 10.8. The molecule has 0 fully saturated rings. The average Bonchev–Trinajstić information content (AvgIpc) is 2.35. The van der Waals surface area contributed by atoms with Crippen LogP contribution in [-0.4, -0.2) is 31.4 Å². The zero-order valence-corrected chi connectivity index (χ0v) is 12.4. The Morgan fingerprint density at radius 1 is 1.24 bits per heavy atom. The van der Waals surface area contributed by atoms with Crippen LogP contribution >= 0.6 is 11.6 Å². The van der Waals surface area contributed by atoms with Crippen LogP contribution in [0, 0.1) is 0 Å². The maximum absolute atomic E-state index is 12.2. The Balaban J connectivity index is 3.28. The first-order chi connectivity index (χ1) is 9.40. The van der Waals surface area contributed by atoms with E-state index in [1.165, 1.54) is 24.3 Å². The van der Waals surface area contributed by atoms with E-state index in [0.717, 1.165) is 6.92 Å². The van der Waals surface area contributed by atoms with E-state index in [4.69, 9.17) is 11.6 Å². The molecule has 0 heterocycles. The van der Waals surface area contributed by atoms with Crippen LogP contribution in [0.5, 0.6) is 0 Å². The van der Waals surface area contributed by atoms with Crippen molar-refractivity contribution in [1.82, 2.24) is 0 Å². The largest absolute Gasteiger partial charge is 0.480 e. The highest BCUT2D eigenvalue weighted by Gasteiger charge is 2.49. The molecule has 0 amide bonds. The Hall–Kier alpha value is -1.28. The lowest BCUT2D eigenvalue weighted by Crippen LogP contribution is -2.42. The first-order valence-corrected chi connectivity index (χ1v) is 7.71. The van der Waals surface area contributed by atoms with Crippen LogP contribution in [0.25, 0.3) is 0 Å². The van der Waals surface area contributed by atoms with E-state index in [1.54, 1.807) is 0 Å². The number of carbonyl (C=O) groups is 1. The molecule has 1 aromatic rings. The van der Waals surface area contributed by atoms with Crippen molar-refractivity contribution in [3.63, 3.8) is 0 Å². The molecule has 1 unspecified atom stereocenters. The minimum atomic E-state index is -4.69. The number of rotatable bonds is 5. The highest BCUT2D eigenvalue weighted by molar-refractivity contribution is 7.93. The number of alkyl halides is 3. The first-order valence-electron chi connectivity index (χ1n) is 5.68. The topological polar surface area (TPSA) is 71.4 Å². The smallest absolute Gasteiger partial charge is 0.390 e. The Morgan fingerprint density at radius 3 is 2.10 bits per heavy atom. The summed E-state index contributed by atoms with van der Waals surface area (Å²) in [6.45, 7) is 0.865. The first kappa shape index (κ1) is 17.8. The van der Waals surface area contributed by atoms with E-state index in [-0.39, 0.29) is 10.6 Å². The molecule has 0 saturated carbocycles. The van der Waals surface area contributed by atoms with Gasteiger partial charge in [0.15, 0.2) is 14.6 Å². The molecule has 1 rings (SSSR count). The van der Waals surface area contributed by atoms with Crippen molar-refractivity contribution >= 4 is 27.4 Å². The van der Waals surface area contributed by atoms with Gasteiger partial charge in [0.25, 0.3) is 0 Å². The SMILES string of the molecule is CC(C(=O)O)(c1ccc(Cl)cc1)S(=O)(=O)CCC(F)(F)F. The van der Waals surface area contributed by atoms with E-state index in [0.29, 0.717) is 0 Å². The summed E-state index contributed by atoms with van der Waals surface area (Å²) >= 11 is 5.63. The van der Waals surface area contributed by atoms with Crippen molar-refractivity contribution in [1.29, 1.82) is 0 Å². The number of halogens is 4. The van der Waals surface area contributed by atoms with E-state index >= 15 is 0 Å². The van der Waals surface area contributed by atoms with Gasteiger partial charge in [-0.2, -0.15) is 13.2 Å². The maximum atomic E-state index is 12.2. The second-order valence-corrected chi connectivity index (χ2v) is 7.42. The molecule has 0 bridgehead atoms. The Kier molecular flexibility index (Phi) is 4.94. The van der Waals surface area contributed by atoms with Gasteiger partial charge in [-0.05, 0) is 24.6 Å². The fraction of sp³-hybridized carbons (Fsp3) is 0.417. The molecule has 9 heteroatoms. The van der Waals surface area contributed by atoms with Crippen molar-refractivity contribution in [2.45, 2.75) is 24.3 Å². The van der Waals surface area contributed by atoms with Gasteiger partial charge < -0.3 is 5.11 Å². The molecule has 1 aromatic carbocycles. The summed E-state index contributed by atoms with van der Waals surface area (Å²) in [6, 6.07) is 4.89. The number of hydrogen-bond donors (Lipinski definition) is 1. The molecule has 0 radical (unpaired) electrons. The minimum Gasteiger partial charge on any atom is -0.480 e. The second kappa shape index (κ2) is 5.84. The number of benzene rings is 1. The summed E-state index contributed by atoms with van der Waals surface area (Å²) in [5.74, 6) is -3.05. The highest BCUT2D eigenvalue weighted by Crippen LogP contribution is 2.34. The minimum absolute atomic E-state index is 0.151. The molecule has 21 heavy (non-hydrogen) atoms. The van der Waals surface area contributed by atoms with Crippen LogP contribution in [0.3, 0.4) is 0 Å². The van der Waals surface area contributed by atoms with Gasteiger partial charge in [0.05, 0.1) is 12.2 Å². The van der Waals surface area contributed by atoms with Crippen molar-refractivity contribution < 1.29 is 31.5 Å². The molecule has 0 spiro atoms. The lowest BCUT2D eigenvalue weighted by Gasteiger charge is -2.25. The Bertz CT molecular complexity index is 625. The van der Waals surface area contributed by atoms with Gasteiger partial charge in [0.1, 0.15) is 0 Å². The summed E-state index contributed by atoms with van der Waals surface area (Å²) in [5.41, 5.74) is -0.151. The molecular formula is C12H12ClF3O4S. The molecule has 118 valence electrons. The van der Waals surface area contributed by atoms with Gasteiger partial charge in [-0.25, -0.2) is 8.42 Å². The summed E-state index contributed by atoms with van der Waals surface area (Å²) in [7, 11) is -4.58. The van der Waals surface area contributed by atoms with Crippen molar-refractivity contribution in [2.75, 3.05) is 5.75 Å². The quantitative estimate of drug-likeness (QED) is 0.891. The molecule has 0 saturated heterocycles. The molecule has 0 aliphatic carbocycles. The molecule has 1 atom stereocenters. The summed E-state index contributed by atoms with van der Waals surface area (Å²) in [6.07, 6.45) is -6.29. The Morgan fingerprint density at radius 2 is 1.71 bits per heavy atom. The number of carboxylic acid groups (broad SMARTS) is 1. The monoisotopic (exact) mass is 344 g/mol. The van der Waals surface area contributed by atoms with Gasteiger partial charge >= 0.3 is 12.1 Å². The molecule has 0 aliphatic heterocycles. The van der Waals surface area contributed by atoms with Crippen molar-refractivity contribution in [3.8, 4) is 0 Å². The standard InChI is InChI=1S/C12H12ClF3O4S/c1-11(10(17)18,8-2-4-9(13)5-3-8)21(19,20)7-6-12(14,15)16/h2-5H,6-7H2,1H3,(H,17,18). The molecule has 4 nitrogen and oxygen atoms in total. The zero-order chi connectivity index (χ0) is 16.5. The van der Waals surface area contributed by atoms with Crippen LogP contribution < -0.4 is 0 Å². The van der Waals surface area contributed by atoms with Crippen LogP contribution in [0.1, 0.15) is 18.9 Å². The third-order valence-electron chi connectivity index (χ3n) is 3.08. The lowest BCUT2D eigenvalue weighted by atomic mass is 10.0. The normalized spacial score (nSPS) is 15.5. The number of hydrogen-bond acceptors (Lipinski definition) is 3. The molecular weight excluding hydrogens is 333 g/mol. The number of carboxylic acids is 1. The molecule has 0 aromatic heterocycles. The predicted molar refractivity (Wildman–Crippen MR) is 70.9 cm³/mol. The second-order valence-electron chi connectivity index (χ2n) is 4.53. The fourth-order valence-corrected chi connectivity index (χ4v) is 3.45. The average molecular weight is 345 g/mol. The fourth-order valence-electron chi connectivity index (χ4n) is 1.66. The third-order valence-corrected chi connectivity index (χ3v) is 5.73. The van der Waals surface area contributed by atoms with Crippen molar-refractivity contribution in [3.05, 3.63) is 34.9 Å². The summed E-state index contributed by atoms with van der Waals surface area (Å²) in [5, 5.41) is 9.48.